The molecule has 1 aromatic rings. The fraction of sp³-hybridized carbons (Fsp3) is 0.556. The number of methoxy groups -OCH3 is 1. The van der Waals surface area contributed by atoms with E-state index in [4.69, 9.17) is 4.74 Å². The van der Waals surface area contributed by atoms with Gasteiger partial charge in [-0.3, -0.25) is 9.79 Å². The number of hydrogen-bond donors (Lipinski definition) is 3. The summed E-state index contributed by atoms with van der Waals surface area (Å²) in [6.45, 7) is 6.85. The maximum absolute atomic E-state index is 11.8. The van der Waals surface area contributed by atoms with E-state index in [1.54, 1.807) is 14.2 Å². The number of halogens is 1. The zero-order valence-corrected chi connectivity index (χ0v) is 18.1. The standard InChI is InChI=1S/C18H30N4O2.HI/c1-18(2,3)22-16(23)13-21-17(19-4)20-12-6-7-14-8-10-15(24-5)11-9-14;/h8-11H,6-7,12-13H2,1-5H3,(H,22,23)(H2,19,20,21);1H. The molecule has 142 valence electrons. The predicted molar refractivity (Wildman–Crippen MR) is 114 cm³/mol. The van der Waals surface area contributed by atoms with Crippen LogP contribution in [0.5, 0.6) is 5.75 Å². The van der Waals surface area contributed by atoms with Gasteiger partial charge in [0.15, 0.2) is 5.96 Å². The fourth-order valence-corrected chi connectivity index (χ4v) is 2.14. The van der Waals surface area contributed by atoms with Crippen LogP contribution in [0.25, 0.3) is 0 Å². The highest BCUT2D eigenvalue weighted by Gasteiger charge is 2.13. The van der Waals surface area contributed by atoms with Crippen molar-refractivity contribution >= 4 is 35.8 Å². The van der Waals surface area contributed by atoms with Crippen LogP contribution in [0, 0.1) is 0 Å². The molecule has 1 amide bonds. The first-order valence-electron chi connectivity index (χ1n) is 8.22. The van der Waals surface area contributed by atoms with Gasteiger partial charge >= 0.3 is 0 Å². The molecule has 0 fully saturated rings. The first-order chi connectivity index (χ1) is 11.3. The number of aryl methyl sites for hydroxylation is 1. The predicted octanol–water partition coefficient (Wildman–Crippen LogP) is 2.33. The first kappa shape index (κ1) is 23.5. The second kappa shape index (κ2) is 11.9. The van der Waals surface area contributed by atoms with Crippen molar-refractivity contribution < 1.29 is 9.53 Å². The lowest BCUT2D eigenvalue weighted by atomic mass is 10.1. The second-order valence-corrected chi connectivity index (χ2v) is 6.60. The van der Waals surface area contributed by atoms with Crippen molar-refractivity contribution in [2.75, 3.05) is 27.2 Å². The molecule has 1 aromatic carbocycles. The Kier molecular flexibility index (Phi) is 11.2. The summed E-state index contributed by atoms with van der Waals surface area (Å²) in [6.07, 6.45) is 1.94. The molecule has 0 saturated carbocycles. The smallest absolute Gasteiger partial charge is 0.239 e. The minimum absolute atomic E-state index is 0. The van der Waals surface area contributed by atoms with Gasteiger partial charge in [0.25, 0.3) is 0 Å². The number of amides is 1. The first-order valence-corrected chi connectivity index (χ1v) is 8.22. The molecule has 0 radical (unpaired) electrons. The Balaban J connectivity index is 0.00000576. The van der Waals surface area contributed by atoms with E-state index in [1.165, 1.54) is 5.56 Å². The van der Waals surface area contributed by atoms with E-state index < -0.39 is 0 Å². The lowest BCUT2D eigenvalue weighted by Crippen LogP contribution is -2.48. The lowest BCUT2D eigenvalue weighted by molar-refractivity contribution is -0.121. The number of carbonyl (C=O) groups is 1. The fourth-order valence-electron chi connectivity index (χ4n) is 2.14. The monoisotopic (exact) mass is 462 g/mol. The average molecular weight is 462 g/mol. The van der Waals surface area contributed by atoms with Crippen LogP contribution in [-0.4, -0.2) is 44.7 Å². The van der Waals surface area contributed by atoms with Gasteiger partial charge in [0, 0.05) is 19.1 Å². The summed E-state index contributed by atoms with van der Waals surface area (Å²) in [5, 5.41) is 9.13. The van der Waals surface area contributed by atoms with Gasteiger partial charge in [-0.2, -0.15) is 0 Å². The number of nitrogens with zero attached hydrogens (tertiary/aromatic N) is 1. The van der Waals surface area contributed by atoms with Crippen molar-refractivity contribution in [2.24, 2.45) is 4.99 Å². The zero-order chi connectivity index (χ0) is 18.0. The number of rotatable bonds is 7. The molecule has 0 atom stereocenters. The molecule has 0 spiro atoms. The maximum atomic E-state index is 11.8. The Morgan fingerprint density at radius 3 is 2.32 bits per heavy atom. The summed E-state index contributed by atoms with van der Waals surface area (Å²) in [5.74, 6) is 1.45. The zero-order valence-electron chi connectivity index (χ0n) is 15.8. The van der Waals surface area contributed by atoms with Crippen LogP contribution in [0.1, 0.15) is 32.8 Å². The third-order valence-corrected chi connectivity index (χ3v) is 3.25. The summed E-state index contributed by atoms with van der Waals surface area (Å²) >= 11 is 0. The molecular formula is C18H31IN4O2. The van der Waals surface area contributed by atoms with Gasteiger partial charge in [-0.15, -0.1) is 24.0 Å². The number of hydrogen-bond acceptors (Lipinski definition) is 3. The summed E-state index contributed by atoms with van der Waals surface area (Å²) in [6, 6.07) is 8.08. The Hall–Kier alpha value is -1.51. The van der Waals surface area contributed by atoms with Gasteiger partial charge < -0.3 is 20.7 Å². The van der Waals surface area contributed by atoms with Crippen LogP contribution >= 0.6 is 24.0 Å². The number of aliphatic imine (C=N–C) groups is 1. The molecule has 0 bridgehead atoms. The molecular weight excluding hydrogens is 431 g/mol. The lowest BCUT2D eigenvalue weighted by Gasteiger charge is -2.21. The number of ether oxygens (including phenoxy) is 1. The number of carbonyl (C=O) groups excluding carboxylic acids is 1. The Bertz CT molecular complexity index is 539. The van der Waals surface area contributed by atoms with Gasteiger partial charge in [0.05, 0.1) is 13.7 Å². The molecule has 0 heterocycles. The van der Waals surface area contributed by atoms with Crippen molar-refractivity contribution in [3.63, 3.8) is 0 Å². The average Bonchev–Trinajstić information content (AvgIpc) is 2.53. The molecule has 3 N–H and O–H groups in total. The van der Waals surface area contributed by atoms with Crippen LogP contribution in [0.3, 0.4) is 0 Å². The van der Waals surface area contributed by atoms with Crippen LogP contribution in [0.2, 0.25) is 0 Å². The van der Waals surface area contributed by atoms with Crippen molar-refractivity contribution in [1.29, 1.82) is 0 Å². The van der Waals surface area contributed by atoms with E-state index in [0.29, 0.717) is 5.96 Å². The molecule has 1 rings (SSSR count). The molecule has 7 heteroatoms. The van der Waals surface area contributed by atoms with Gasteiger partial charge in [0.1, 0.15) is 5.75 Å². The van der Waals surface area contributed by atoms with E-state index in [0.717, 1.165) is 25.1 Å². The van der Waals surface area contributed by atoms with E-state index in [9.17, 15) is 4.79 Å². The summed E-state index contributed by atoms with van der Waals surface area (Å²) in [5.41, 5.74) is 1.04. The van der Waals surface area contributed by atoms with Crippen molar-refractivity contribution in [3.8, 4) is 5.75 Å². The van der Waals surface area contributed by atoms with Crippen molar-refractivity contribution in [2.45, 2.75) is 39.2 Å². The minimum atomic E-state index is -0.228. The van der Waals surface area contributed by atoms with Crippen LogP contribution in [-0.2, 0) is 11.2 Å². The third kappa shape index (κ3) is 10.9. The van der Waals surface area contributed by atoms with Gasteiger partial charge in [-0.1, -0.05) is 12.1 Å². The van der Waals surface area contributed by atoms with E-state index >= 15 is 0 Å². The molecule has 0 aliphatic heterocycles. The molecule has 0 saturated heterocycles. The van der Waals surface area contributed by atoms with Gasteiger partial charge in [-0.05, 0) is 51.3 Å². The summed E-state index contributed by atoms with van der Waals surface area (Å²) in [4.78, 5) is 15.9. The van der Waals surface area contributed by atoms with E-state index in [1.807, 2.05) is 32.9 Å². The Morgan fingerprint density at radius 1 is 1.16 bits per heavy atom. The quantitative estimate of drug-likeness (QED) is 0.252. The molecule has 0 aromatic heterocycles. The summed E-state index contributed by atoms with van der Waals surface area (Å²) < 4.78 is 5.15. The highest BCUT2D eigenvalue weighted by molar-refractivity contribution is 14.0. The Morgan fingerprint density at radius 2 is 1.80 bits per heavy atom. The largest absolute Gasteiger partial charge is 0.497 e. The SMILES string of the molecule is CN=C(NCCCc1ccc(OC)cc1)NCC(=O)NC(C)(C)C.I. The molecule has 0 aliphatic rings. The highest BCUT2D eigenvalue weighted by atomic mass is 127. The normalized spacial score (nSPS) is 11.3. The molecule has 6 nitrogen and oxygen atoms in total. The Labute approximate surface area is 168 Å². The van der Waals surface area contributed by atoms with Gasteiger partial charge in [0.2, 0.25) is 5.91 Å². The van der Waals surface area contributed by atoms with E-state index in [2.05, 4.69) is 33.1 Å². The third-order valence-electron chi connectivity index (χ3n) is 3.25. The number of guanidine groups is 1. The minimum Gasteiger partial charge on any atom is -0.497 e. The van der Waals surface area contributed by atoms with Crippen molar-refractivity contribution in [1.82, 2.24) is 16.0 Å². The second-order valence-electron chi connectivity index (χ2n) is 6.60. The van der Waals surface area contributed by atoms with E-state index in [-0.39, 0.29) is 42.0 Å². The molecule has 0 aliphatic carbocycles. The highest BCUT2D eigenvalue weighted by Crippen LogP contribution is 2.12. The van der Waals surface area contributed by atoms with Crippen LogP contribution in [0.15, 0.2) is 29.3 Å². The maximum Gasteiger partial charge on any atom is 0.239 e. The number of nitrogens with one attached hydrogen (secondary N) is 3. The topological polar surface area (TPSA) is 74.8 Å². The van der Waals surface area contributed by atoms with Crippen LogP contribution < -0.4 is 20.7 Å². The van der Waals surface area contributed by atoms with Crippen molar-refractivity contribution in [3.05, 3.63) is 29.8 Å². The molecule has 25 heavy (non-hydrogen) atoms. The van der Waals surface area contributed by atoms with Crippen LogP contribution in [0.4, 0.5) is 0 Å². The van der Waals surface area contributed by atoms with Gasteiger partial charge in [-0.25, -0.2) is 0 Å². The number of benzene rings is 1. The molecule has 0 unspecified atom stereocenters. The summed E-state index contributed by atoms with van der Waals surface area (Å²) in [7, 11) is 3.36.